The molecule has 1 atom stereocenters. The molecule has 0 unspecified atom stereocenters. The van der Waals surface area contributed by atoms with Crippen LogP contribution in [0, 0.1) is 0 Å². The van der Waals surface area contributed by atoms with Crippen LogP contribution in [-0.2, 0) is 6.54 Å². The third-order valence-corrected chi connectivity index (χ3v) is 6.66. The lowest BCUT2D eigenvalue weighted by Crippen LogP contribution is -2.11. The zero-order valence-electron chi connectivity index (χ0n) is 16.2. The van der Waals surface area contributed by atoms with Gasteiger partial charge >= 0.3 is 0 Å². The first-order chi connectivity index (χ1) is 14.3. The Labute approximate surface area is 173 Å². The van der Waals surface area contributed by atoms with Gasteiger partial charge in [0.2, 0.25) is 0 Å². The van der Waals surface area contributed by atoms with Crippen molar-refractivity contribution in [2.75, 3.05) is 0 Å². The normalized spacial score (nSPS) is 14.9. The molecule has 0 aliphatic heterocycles. The van der Waals surface area contributed by atoms with Gasteiger partial charge in [0.05, 0.1) is 0 Å². The number of nitrogens with one attached hydrogen (secondary N) is 1. The Kier molecular flexibility index (Phi) is 4.72. The average molecular weight is 403 g/mol. The van der Waals surface area contributed by atoms with Crippen molar-refractivity contribution in [1.29, 1.82) is 0 Å². The quantitative estimate of drug-likeness (QED) is 0.333. The topological polar surface area (TPSA) is 63.6 Å². The summed E-state index contributed by atoms with van der Waals surface area (Å²) in [6.45, 7) is 2.92. The first-order valence-electron chi connectivity index (χ1n) is 10.0. The van der Waals surface area contributed by atoms with E-state index in [0.29, 0.717) is 11.5 Å². The van der Waals surface area contributed by atoms with E-state index in [1.165, 1.54) is 24.6 Å². The van der Waals surface area contributed by atoms with Crippen LogP contribution in [-0.4, -0.2) is 25.5 Å². The number of carbonyl (C=O) groups excluding carboxylic acids is 1. The minimum atomic E-state index is -0.378. The number of carbonyl (C=O) groups is 1. The Morgan fingerprint density at radius 3 is 2.66 bits per heavy atom. The summed E-state index contributed by atoms with van der Waals surface area (Å²) in [7, 11) is 0. The summed E-state index contributed by atoms with van der Waals surface area (Å²) in [6, 6.07) is 17.9. The van der Waals surface area contributed by atoms with E-state index in [-0.39, 0.29) is 11.0 Å². The second-order valence-corrected chi connectivity index (χ2v) is 8.45. The van der Waals surface area contributed by atoms with Crippen LogP contribution in [0.25, 0.3) is 10.9 Å². The lowest BCUT2D eigenvalue weighted by molar-refractivity contribution is 0.0991. The molecule has 6 heteroatoms. The Morgan fingerprint density at radius 1 is 1.14 bits per heavy atom. The molecule has 2 heterocycles. The van der Waals surface area contributed by atoms with Gasteiger partial charge in [0, 0.05) is 35.1 Å². The highest BCUT2D eigenvalue weighted by Crippen LogP contribution is 2.43. The number of rotatable bonds is 7. The minimum Gasteiger partial charge on any atom is -0.360 e. The molecule has 1 fully saturated rings. The third kappa shape index (κ3) is 3.38. The number of benzene rings is 2. The number of H-pyrrole nitrogens is 1. The second-order valence-electron chi connectivity index (χ2n) is 7.38. The lowest BCUT2D eigenvalue weighted by Gasteiger charge is -2.16. The molecule has 5 rings (SSSR count). The highest BCUT2D eigenvalue weighted by molar-refractivity contribution is 8.00. The maximum absolute atomic E-state index is 13.7. The summed E-state index contributed by atoms with van der Waals surface area (Å²) in [5.41, 5.74) is 2.67. The van der Waals surface area contributed by atoms with Crippen LogP contribution in [0.3, 0.4) is 0 Å². The van der Waals surface area contributed by atoms with Crippen molar-refractivity contribution < 1.29 is 4.79 Å². The van der Waals surface area contributed by atoms with E-state index in [0.717, 1.165) is 34.0 Å². The summed E-state index contributed by atoms with van der Waals surface area (Å²) in [5, 5.41) is 10.3. The average Bonchev–Trinajstić information content (AvgIpc) is 3.39. The van der Waals surface area contributed by atoms with Crippen molar-refractivity contribution >= 4 is 28.4 Å². The highest BCUT2D eigenvalue weighted by Gasteiger charge is 2.32. The molecule has 0 bridgehead atoms. The summed E-state index contributed by atoms with van der Waals surface area (Å²) in [5.74, 6) is 1.66. The molecule has 0 spiro atoms. The number of Topliss-reactive ketones (excluding diaryl/α,β-unsaturated/α-hetero) is 1. The molecule has 0 amide bonds. The number of hydrogen-bond donors (Lipinski definition) is 1. The molecule has 2 aromatic carbocycles. The predicted octanol–water partition coefficient (Wildman–Crippen LogP) is 5.37. The highest BCUT2D eigenvalue weighted by atomic mass is 32.2. The lowest BCUT2D eigenvalue weighted by atomic mass is 10.0. The van der Waals surface area contributed by atoms with Crippen LogP contribution < -0.4 is 0 Å². The molecule has 1 N–H and O–H groups in total. The zero-order valence-corrected chi connectivity index (χ0v) is 17.0. The molecule has 5 nitrogen and oxygen atoms in total. The van der Waals surface area contributed by atoms with E-state index in [2.05, 4.69) is 26.7 Å². The number of aromatic nitrogens is 4. The minimum absolute atomic E-state index is 0.0808. The molecule has 146 valence electrons. The fraction of sp³-hybridized carbons (Fsp3) is 0.261. The maximum atomic E-state index is 13.7. The molecule has 29 heavy (non-hydrogen) atoms. The molecule has 4 aromatic rings. The van der Waals surface area contributed by atoms with Crippen molar-refractivity contribution in [3.63, 3.8) is 0 Å². The van der Waals surface area contributed by atoms with E-state index in [1.54, 1.807) is 0 Å². The number of ketones is 1. The molecule has 0 saturated heterocycles. The Morgan fingerprint density at radius 2 is 1.90 bits per heavy atom. The maximum Gasteiger partial charge on any atom is 0.192 e. The number of fused-ring (bicyclic) bond motifs is 1. The van der Waals surface area contributed by atoms with Gasteiger partial charge in [0.15, 0.2) is 10.9 Å². The second kappa shape index (κ2) is 7.52. The molecular weight excluding hydrogens is 380 g/mol. The molecular formula is C23H22N4OS. The zero-order chi connectivity index (χ0) is 19.8. The van der Waals surface area contributed by atoms with Crippen LogP contribution in [0.5, 0.6) is 0 Å². The largest absolute Gasteiger partial charge is 0.360 e. The van der Waals surface area contributed by atoms with Gasteiger partial charge in [0.1, 0.15) is 11.1 Å². The molecule has 2 aromatic heterocycles. The standard InChI is InChI=1S/C23H22N4OS/c1-2-27-22(16-12-13-16)25-26-23(27)29-21(15-8-4-3-5-9-15)20(28)18-14-24-19-11-7-6-10-17(18)19/h3-11,14,16,21,24H,2,12-13H2,1H3/t21-/m1/s1. The van der Waals surface area contributed by atoms with E-state index in [1.807, 2.05) is 60.8 Å². The van der Waals surface area contributed by atoms with E-state index < -0.39 is 0 Å². The van der Waals surface area contributed by atoms with E-state index >= 15 is 0 Å². The smallest absolute Gasteiger partial charge is 0.192 e. The first-order valence-corrected chi connectivity index (χ1v) is 10.9. The van der Waals surface area contributed by atoms with Gasteiger partial charge in [-0.15, -0.1) is 10.2 Å². The summed E-state index contributed by atoms with van der Waals surface area (Å²) in [4.78, 5) is 16.9. The third-order valence-electron chi connectivity index (χ3n) is 5.42. The van der Waals surface area contributed by atoms with Crippen molar-refractivity contribution in [2.45, 2.75) is 42.6 Å². The number of aromatic amines is 1. The van der Waals surface area contributed by atoms with Gasteiger partial charge in [-0.25, -0.2) is 0 Å². The molecule has 1 saturated carbocycles. The fourth-order valence-electron chi connectivity index (χ4n) is 3.75. The predicted molar refractivity (Wildman–Crippen MR) is 115 cm³/mol. The van der Waals surface area contributed by atoms with Gasteiger partial charge in [0.25, 0.3) is 0 Å². The fourth-order valence-corrected chi connectivity index (χ4v) is 4.93. The molecule has 0 radical (unpaired) electrons. The van der Waals surface area contributed by atoms with Gasteiger partial charge in [-0.1, -0.05) is 60.3 Å². The van der Waals surface area contributed by atoms with Crippen LogP contribution in [0.4, 0.5) is 0 Å². The van der Waals surface area contributed by atoms with Crippen molar-refractivity contribution in [1.82, 2.24) is 19.7 Å². The van der Waals surface area contributed by atoms with Crippen LogP contribution in [0.15, 0.2) is 66.0 Å². The monoisotopic (exact) mass is 402 g/mol. The van der Waals surface area contributed by atoms with E-state index in [9.17, 15) is 4.79 Å². The Balaban J connectivity index is 1.55. The number of hydrogen-bond acceptors (Lipinski definition) is 4. The van der Waals surface area contributed by atoms with Gasteiger partial charge < -0.3 is 9.55 Å². The number of nitrogens with zero attached hydrogens (tertiary/aromatic N) is 3. The van der Waals surface area contributed by atoms with Gasteiger partial charge in [-0.05, 0) is 31.4 Å². The van der Waals surface area contributed by atoms with Gasteiger partial charge in [-0.2, -0.15) is 0 Å². The van der Waals surface area contributed by atoms with Crippen LogP contribution in [0.1, 0.15) is 52.7 Å². The number of para-hydroxylation sites is 1. The summed E-state index contributed by atoms with van der Waals surface area (Å²) in [6.07, 6.45) is 4.18. The van der Waals surface area contributed by atoms with Crippen molar-refractivity contribution in [2.24, 2.45) is 0 Å². The van der Waals surface area contributed by atoms with Gasteiger partial charge in [-0.3, -0.25) is 4.79 Å². The van der Waals surface area contributed by atoms with Crippen LogP contribution in [0.2, 0.25) is 0 Å². The van der Waals surface area contributed by atoms with Crippen molar-refractivity contribution in [3.8, 4) is 0 Å². The molecule has 1 aliphatic carbocycles. The number of thioether (sulfide) groups is 1. The SMILES string of the molecule is CCn1c(S[C@@H](C(=O)c2c[nH]c3ccccc23)c2ccccc2)nnc1C1CC1. The summed E-state index contributed by atoms with van der Waals surface area (Å²) >= 11 is 1.50. The first kappa shape index (κ1) is 18.2. The van der Waals surface area contributed by atoms with Crippen LogP contribution >= 0.6 is 11.8 Å². The Hall–Kier alpha value is -2.86. The Bertz CT molecular complexity index is 1160. The molecule has 1 aliphatic rings. The van der Waals surface area contributed by atoms with E-state index in [4.69, 9.17) is 0 Å². The van der Waals surface area contributed by atoms with Crippen molar-refractivity contribution in [3.05, 3.63) is 77.7 Å². The summed E-state index contributed by atoms with van der Waals surface area (Å²) < 4.78 is 2.17.